The molecule has 2 rings (SSSR count). The van der Waals surface area contributed by atoms with Gasteiger partial charge in [-0.05, 0) is 80.6 Å². The van der Waals surface area contributed by atoms with E-state index in [9.17, 15) is 9.59 Å². The van der Waals surface area contributed by atoms with Crippen molar-refractivity contribution in [1.82, 2.24) is 0 Å². The van der Waals surface area contributed by atoms with Crippen LogP contribution in [-0.4, -0.2) is 11.9 Å². The van der Waals surface area contributed by atoms with Crippen molar-refractivity contribution in [3.05, 3.63) is 66.8 Å². The van der Waals surface area contributed by atoms with Crippen molar-refractivity contribution in [3.8, 4) is 0 Å². The van der Waals surface area contributed by atoms with Crippen LogP contribution in [-0.2, 0) is 32.3 Å². The second-order valence-corrected chi connectivity index (χ2v) is 7.57. The standard InChI is InChI=1S/C18H16I2O4/c19-15-5-1-13(2-6-15)11-23-17(21)9-10-18(22)24-12-14-3-7-16(20)8-4-14/h1-8H,9-12H2. The maximum Gasteiger partial charge on any atom is 0.306 e. The summed E-state index contributed by atoms with van der Waals surface area (Å²) in [7, 11) is 0. The summed E-state index contributed by atoms with van der Waals surface area (Å²) in [6.07, 6.45) is 0.0474. The van der Waals surface area contributed by atoms with Gasteiger partial charge in [-0.25, -0.2) is 0 Å². The molecule has 0 aromatic heterocycles. The summed E-state index contributed by atoms with van der Waals surface area (Å²) in [5, 5.41) is 0. The second kappa shape index (κ2) is 9.97. The lowest BCUT2D eigenvalue weighted by Gasteiger charge is -2.06. The van der Waals surface area contributed by atoms with Crippen LogP contribution in [0.5, 0.6) is 0 Å². The summed E-state index contributed by atoms with van der Waals surface area (Å²) in [6, 6.07) is 15.4. The first-order valence-corrected chi connectivity index (χ1v) is 9.49. The smallest absolute Gasteiger partial charge is 0.306 e. The monoisotopic (exact) mass is 550 g/mol. The van der Waals surface area contributed by atoms with Crippen molar-refractivity contribution in [1.29, 1.82) is 0 Å². The summed E-state index contributed by atoms with van der Waals surface area (Å²) in [6.45, 7) is 0.431. The summed E-state index contributed by atoms with van der Waals surface area (Å²) in [5.41, 5.74) is 1.84. The molecule has 6 heteroatoms. The molecular formula is C18H16I2O4. The van der Waals surface area contributed by atoms with Gasteiger partial charge in [-0.2, -0.15) is 0 Å². The van der Waals surface area contributed by atoms with Crippen molar-refractivity contribution in [3.63, 3.8) is 0 Å². The van der Waals surface area contributed by atoms with Crippen molar-refractivity contribution in [2.75, 3.05) is 0 Å². The van der Waals surface area contributed by atoms with Gasteiger partial charge in [0.2, 0.25) is 0 Å². The Morgan fingerprint density at radius 1 is 0.667 bits per heavy atom. The van der Waals surface area contributed by atoms with Crippen LogP contribution in [0.15, 0.2) is 48.5 Å². The summed E-state index contributed by atoms with van der Waals surface area (Å²) < 4.78 is 12.5. The molecule has 0 saturated heterocycles. The van der Waals surface area contributed by atoms with E-state index < -0.39 is 11.9 Å². The normalized spacial score (nSPS) is 10.2. The lowest BCUT2D eigenvalue weighted by Crippen LogP contribution is -2.10. The topological polar surface area (TPSA) is 52.6 Å². The minimum atomic E-state index is -0.403. The SMILES string of the molecule is O=C(CCC(=O)OCc1ccc(I)cc1)OCc1ccc(I)cc1. The Morgan fingerprint density at radius 2 is 1.00 bits per heavy atom. The van der Waals surface area contributed by atoms with Crippen LogP contribution in [0.25, 0.3) is 0 Å². The van der Waals surface area contributed by atoms with Gasteiger partial charge >= 0.3 is 11.9 Å². The Hall–Kier alpha value is -1.16. The molecular weight excluding hydrogens is 534 g/mol. The molecule has 0 radical (unpaired) electrons. The molecule has 4 nitrogen and oxygen atoms in total. The summed E-state index contributed by atoms with van der Waals surface area (Å²) >= 11 is 4.43. The Labute approximate surface area is 168 Å². The number of hydrogen-bond acceptors (Lipinski definition) is 4. The molecule has 0 saturated carbocycles. The number of esters is 2. The third-order valence-corrected chi connectivity index (χ3v) is 4.60. The van der Waals surface area contributed by atoms with Gasteiger partial charge in [-0.1, -0.05) is 24.3 Å². The van der Waals surface area contributed by atoms with Crippen molar-refractivity contribution < 1.29 is 19.1 Å². The van der Waals surface area contributed by atoms with Gasteiger partial charge in [-0.15, -0.1) is 0 Å². The highest BCUT2D eigenvalue weighted by molar-refractivity contribution is 14.1. The first kappa shape index (κ1) is 19.2. The Balaban J connectivity index is 1.64. The maximum atomic E-state index is 11.7. The minimum absolute atomic E-state index is 0.0237. The van der Waals surface area contributed by atoms with Crippen LogP contribution in [0.1, 0.15) is 24.0 Å². The molecule has 0 unspecified atom stereocenters. The zero-order chi connectivity index (χ0) is 17.4. The molecule has 2 aromatic rings. The molecule has 0 aliphatic carbocycles. The van der Waals surface area contributed by atoms with E-state index in [1.54, 1.807) is 0 Å². The molecule has 0 spiro atoms. The zero-order valence-corrected chi connectivity index (χ0v) is 17.2. The lowest BCUT2D eigenvalue weighted by atomic mass is 10.2. The molecule has 0 N–H and O–H groups in total. The van der Waals surface area contributed by atoms with E-state index in [4.69, 9.17) is 9.47 Å². The van der Waals surface area contributed by atoms with E-state index >= 15 is 0 Å². The average molecular weight is 550 g/mol. The van der Waals surface area contributed by atoms with E-state index in [2.05, 4.69) is 45.2 Å². The van der Waals surface area contributed by atoms with Crippen molar-refractivity contribution in [2.45, 2.75) is 26.1 Å². The van der Waals surface area contributed by atoms with Gasteiger partial charge in [-0.3, -0.25) is 9.59 Å². The predicted molar refractivity (Wildman–Crippen MR) is 107 cm³/mol. The maximum absolute atomic E-state index is 11.7. The number of ether oxygens (including phenoxy) is 2. The van der Waals surface area contributed by atoms with E-state index in [1.165, 1.54) is 0 Å². The molecule has 0 aliphatic rings. The highest BCUT2D eigenvalue weighted by Gasteiger charge is 2.09. The Kier molecular flexibility index (Phi) is 7.97. The molecule has 0 atom stereocenters. The van der Waals surface area contributed by atoms with Gasteiger partial charge < -0.3 is 9.47 Å². The molecule has 0 fully saturated rings. The van der Waals surface area contributed by atoms with E-state index in [-0.39, 0.29) is 26.1 Å². The first-order chi connectivity index (χ1) is 11.5. The number of benzene rings is 2. The third-order valence-electron chi connectivity index (χ3n) is 3.16. The molecule has 0 amide bonds. The third kappa shape index (κ3) is 7.16. The Morgan fingerprint density at radius 3 is 1.33 bits per heavy atom. The summed E-state index contributed by atoms with van der Waals surface area (Å²) in [5.74, 6) is -0.806. The fraction of sp³-hybridized carbons (Fsp3) is 0.222. The molecule has 0 aliphatic heterocycles. The highest BCUT2D eigenvalue weighted by Crippen LogP contribution is 2.10. The van der Waals surface area contributed by atoms with Crippen molar-refractivity contribution in [2.24, 2.45) is 0 Å². The molecule has 0 bridgehead atoms. The highest BCUT2D eigenvalue weighted by atomic mass is 127. The minimum Gasteiger partial charge on any atom is -0.461 e. The van der Waals surface area contributed by atoms with Crippen LogP contribution < -0.4 is 0 Å². The van der Waals surface area contributed by atoms with Crippen molar-refractivity contribution >= 4 is 57.1 Å². The van der Waals surface area contributed by atoms with Crippen LogP contribution in [0.2, 0.25) is 0 Å². The average Bonchev–Trinajstić information content (AvgIpc) is 2.59. The van der Waals surface area contributed by atoms with E-state index in [0.29, 0.717) is 0 Å². The van der Waals surface area contributed by atoms with Crippen LogP contribution in [0.4, 0.5) is 0 Å². The van der Waals surface area contributed by atoms with E-state index in [0.717, 1.165) is 18.3 Å². The Bertz CT molecular complexity index is 620. The van der Waals surface area contributed by atoms with Gasteiger partial charge in [0.05, 0.1) is 12.8 Å². The second-order valence-electron chi connectivity index (χ2n) is 5.07. The first-order valence-electron chi connectivity index (χ1n) is 7.33. The molecule has 126 valence electrons. The largest absolute Gasteiger partial charge is 0.461 e. The van der Waals surface area contributed by atoms with Crippen LogP contribution in [0, 0.1) is 7.14 Å². The van der Waals surface area contributed by atoms with Crippen LogP contribution in [0.3, 0.4) is 0 Å². The van der Waals surface area contributed by atoms with Gasteiger partial charge in [0.15, 0.2) is 0 Å². The fourth-order valence-electron chi connectivity index (χ4n) is 1.84. The number of halogens is 2. The fourth-order valence-corrected chi connectivity index (χ4v) is 2.56. The van der Waals surface area contributed by atoms with Gasteiger partial charge in [0.1, 0.15) is 13.2 Å². The van der Waals surface area contributed by atoms with E-state index in [1.807, 2.05) is 48.5 Å². The number of hydrogen-bond donors (Lipinski definition) is 0. The number of carbonyl (C=O) groups excluding carboxylic acids is 2. The lowest BCUT2D eigenvalue weighted by molar-refractivity contribution is -0.151. The van der Waals surface area contributed by atoms with Gasteiger partial charge in [0.25, 0.3) is 0 Å². The van der Waals surface area contributed by atoms with Crippen LogP contribution >= 0.6 is 45.2 Å². The number of carbonyl (C=O) groups is 2. The number of rotatable bonds is 7. The predicted octanol–water partition coefficient (Wildman–Crippen LogP) is 4.46. The molecule has 2 aromatic carbocycles. The molecule has 24 heavy (non-hydrogen) atoms. The molecule has 0 heterocycles. The van der Waals surface area contributed by atoms with Gasteiger partial charge in [0, 0.05) is 7.14 Å². The zero-order valence-electron chi connectivity index (χ0n) is 12.8. The quantitative estimate of drug-likeness (QED) is 0.378. The summed E-state index contributed by atoms with van der Waals surface area (Å²) in [4.78, 5) is 23.3.